The number of rotatable bonds is 18. The minimum atomic E-state index is -2.57. The molecular weight excluding hydrogens is 310 g/mol. The number of nitrogens with one attached hydrogen (secondary N) is 3. The third-order valence-electron chi connectivity index (χ3n) is 3.78. The maximum atomic E-state index is 9.94. The highest BCUT2D eigenvalue weighted by molar-refractivity contribution is 8.22. The molecule has 0 spiro atoms. The van der Waals surface area contributed by atoms with Crippen molar-refractivity contribution in [3.05, 3.63) is 0 Å². The van der Waals surface area contributed by atoms with Crippen molar-refractivity contribution in [2.24, 2.45) is 0 Å². The van der Waals surface area contributed by atoms with E-state index in [1.54, 1.807) is 0 Å². The van der Waals surface area contributed by atoms with Crippen molar-refractivity contribution in [3.8, 4) is 0 Å². The van der Waals surface area contributed by atoms with Crippen LogP contribution in [0.3, 0.4) is 0 Å². The van der Waals surface area contributed by atoms with Gasteiger partial charge in [-0.3, -0.25) is 9.11 Å². The molecule has 0 aromatic carbocycles. The molecule has 0 fully saturated rings. The Hall–Kier alpha value is 0.150. The van der Waals surface area contributed by atoms with Gasteiger partial charge >= 0.3 is 0 Å². The standard InChI is InChI=1S/C17H41N3O2S/c1-3-5-6-7-8-9-17-23(21,22)20-16-11-15-19-14-10-13-18-12-4-2/h18-22H,3-17H2,1-2H3. The summed E-state index contributed by atoms with van der Waals surface area (Å²) in [5.41, 5.74) is 0. The van der Waals surface area contributed by atoms with E-state index in [1.807, 2.05) is 0 Å². The molecule has 142 valence electrons. The molecule has 6 heteroatoms. The zero-order valence-electron chi connectivity index (χ0n) is 15.4. The highest BCUT2D eigenvalue weighted by atomic mass is 32.3. The van der Waals surface area contributed by atoms with Crippen LogP contribution in [-0.2, 0) is 0 Å². The van der Waals surface area contributed by atoms with Gasteiger partial charge in [-0.05, 0) is 51.9 Å². The molecule has 0 aliphatic rings. The van der Waals surface area contributed by atoms with E-state index in [4.69, 9.17) is 0 Å². The van der Waals surface area contributed by atoms with Crippen LogP contribution >= 0.6 is 10.8 Å². The number of unbranched alkanes of at least 4 members (excludes halogenated alkanes) is 5. The molecule has 0 aromatic heterocycles. The van der Waals surface area contributed by atoms with E-state index in [0.717, 1.165) is 51.9 Å². The Bertz CT molecular complexity index is 244. The quantitative estimate of drug-likeness (QED) is 0.242. The topological polar surface area (TPSA) is 76.5 Å². The molecule has 0 saturated carbocycles. The molecule has 0 saturated heterocycles. The number of hydrogen-bond donors (Lipinski definition) is 5. The summed E-state index contributed by atoms with van der Waals surface area (Å²) >= 11 is 0. The van der Waals surface area contributed by atoms with Gasteiger partial charge in [-0.2, -0.15) is 0 Å². The van der Waals surface area contributed by atoms with Gasteiger partial charge in [-0.15, -0.1) is 10.8 Å². The van der Waals surface area contributed by atoms with Gasteiger partial charge < -0.3 is 10.6 Å². The SMILES string of the molecule is CCCCCCCCS(O)(O)NCCCNCCCNCCC. The summed E-state index contributed by atoms with van der Waals surface area (Å²) in [5.74, 6) is 0.496. The average molecular weight is 352 g/mol. The third kappa shape index (κ3) is 18.3. The second kappa shape index (κ2) is 17.0. The fraction of sp³-hybridized carbons (Fsp3) is 1.00. The second-order valence-electron chi connectivity index (χ2n) is 6.24. The molecule has 0 radical (unpaired) electrons. The van der Waals surface area contributed by atoms with Crippen LogP contribution in [-0.4, -0.2) is 47.6 Å². The summed E-state index contributed by atoms with van der Waals surface area (Å²) in [6, 6.07) is 0. The van der Waals surface area contributed by atoms with Crippen LogP contribution < -0.4 is 15.4 Å². The van der Waals surface area contributed by atoms with Crippen LogP contribution in [0, 0.1) is 0 Å². The molecule has 0 aromatic rings. The zero-order chi connectivity index (χ0) is 17.2. The molecule has 0 heterocycles. The molecule has 0 aliphatic carbocycles. The lowest BCUT2D eigenvalue weighted by atomic mass is 10.1. The van der Waals surface area contributed by atoms with Crippen molar-refractivity contribution in [1.82, 2.24) is 15.4 Å². The molecule has 5 nitrogen and oxygen atoms in total. The summed E-state index contributed by atoms with van der Waals surface area (Å²) in [7, 11) is -2.57. The monoisotopic (exact) mass is 351 g/mol. The summed E-state index contributed by atoms with van der Waals surface area (Å²) in [6.45, 7) is 9.16. The van der Waals surface area contributed by atoms with Gasteiger partial charge in [0.15, 0.2) is 0 Å². The Morgan fingerprint density at radius 2 is 1.17 bits per heavy atom. The zero-order valence-corrected chi connectivity index (χ0v) is 16.2. The Kier molecular flexibility index (Phi) is 17.1. The van der Waals surface area contributed by atoms with Crippen molar-refractivity contribution in [1.29, 1.82) is 0 Å². The molecule has 0 aliphatic heterocycles. The summed E-state index contributed by atoms with van der Waals surface area (Å²) in [6.07, 6.45) is 10.3. The summed E-state index contributed by atoms with van der Waals surface area (Å²) in [4.78, 5) is 0. The van der Waals surface area contributed by atoms with Crippen LogP contribution in [0.1, 0.15) is 71.6 Å². The maximum absolute atomic E-state index is 9.94. The third-order valence-corrected chi connectivity index (χ3v) is 5.30. The smallest absolute Gasteiger partial charge is 0.0528 e. The predicted molar refractivity (Wildman–Crippen MR) is 104 cm³/mol. The van der Waals surface area contributed by atoms with Crippen molar-refractivity contribution >= 4 is 10.8 Å². The van der Waals surface area contributed by atoms with E-state index in [2.05, 4.69) is 29.2 Å². The first-order valence-electron chi connectivity index (χ1n) is 9.54. The molecular formula is C17H41N3O2S. The van der Waals surface area contributed by atoms with E-state index in [9.17, 15) is 9.11 Å². The van der Waals surface area contributed by atoms with E-state index >= 15 is 0 Å². The predicted octanol–water partition coefficient (Wildman–Crippen LogP) is 3.97. The molecule has 0 atom stereocenters. The summed E-state index contributed by atoms with van der Waals surface area (Å²) < 4.78 is 22.8. The molecule has 23 heavy (non-hydrogen) atoms. The Labute approximate surface area is 145 Å². The highest BCUT2D eigenvalue weighted by Crippen LogP contribution is 2.34. The van der Waals surface area contributed by atoms with E-state index in [-0.39, 0.29) is 0 Å². The van der Waals surface area contributed by atoms with E-state index < -0.39 is 10.8 Å². The molecule has 0 rings (SSSR count). The maximum Gasteiger partial charge on any atom is 0.0528 e. The largest absolute Gasteiger partial charge is 0.317 e. The lowest BCUT2D eigenvalue weighted by molar-refractivity contribution is 0.463. The van der Waals surface area contributed by atoms with Gasteiger partial charge in [0.1, 0.15) is 0 Å². The average Bonchev–Trinajstić information content (AvgIpc) is 2.52. The lowest BCUT2D eigenvalue weighted by Crippen LogP contribution is -2.27. The Morgan fingerprint density at radius 3 is 1.83 bits per heavy atom. The fourth-order valence-electron chi connectivity index (χ4n) is 2.37. The minimum absolute atomic E-state index is 0.496. The second-order valence-corrected chi connectivity index (χ2v) is 8.27. The first kappa shape index (κ1) is 23.1. The van der Waals surface area contributed by atoms with Gasteiger partial charge in [0.2, 0.25) is 0 Å². The Morgan fingerprint density at radius 1 is 0.609 bits per heavy atom. The fourth-order valence-corrected chi connectivity index (χ4v) is 3.59. The van der Waals surface area contributed by atoms with Crippen LogP contribution in [0.4, 0.5) is 0 Å². The first-order chi connectivity index (χ1) is 11.1. The van der Waals surface area contributed by atoms with Crippen molar-refractivity contribution < 1.29 is 9.11 Å². The van der Waals surface area contributed by atoms with Gasteiger partial charge in [-0.25, -0.2) is 4.72 Å². The highest BCUT2D eigenvalue weighted by Gasteiger charge is 2.09. The minimum Gasteiger partial charge on any atom is -0.317 e. The van der Waals surface area contributed by atoms with Gasteiger partial charge in [0, 0.05) is 6.54 Å². The normalized spacial score (nSPS) is 12.7. The van der Waals surface area contributed by atoms with Gasteiger partial charge in [0.05, 0.1) is 5.75 Å². The van der Waals surface area contributed by atoms with Crippen LogP contribution in [0.2, 0.25) is 0 Å². The molecule has 0 bridgehead atoms. The van der Waals surface area contributed by atoms with Crippen molar-refractivity contribution in [2.75, 3.05) is 38.5 Å². The molecule has 0 amide bonds. The van der Waals surface area contributed by atoms with E-state index in [1.165, 1.54) is 32.1 Å². The van der Waals surface area contributed by atoms with Crippen molar-refractivity contribution in [3.63, 3.8) is 0 Å². The molecule has 5 N–H and O–H groups in total. The van der Waals surface area contributed by atoms with Crippen LogP contribution in [0.25, 0.3) is 0 Å². The van der Waals surface area contributed by atoms with Crippen LogP contribution in [0.15, 0.2) is 0 Å². The first-order valence-corrected chi connectivity index (χ1v) is 11.3. The van der Waals surface area contributed by atoms with Crippen molar-refractivity contribution in [2.45, 2.75) is 71.6 Å². The van der Waals surface area contributed by atoms with E-state index in [0.29, 0.717) is 12.3 Å². The molecule has 0 unspecified atom stereocenters. The Balaban J connectivity index is 3.31. The van der Waals surface area contributed by atoms with Gasteiger partial charge in [-0.1, -0.05) is 46.0 Å². The number of hydrogen-bond acceptors (Lipinski definition) is 5. The summed E-state index contributed by atoms with van der Waals surface area (Å²) in [5, 5.41) is 6.76. The lowest BCUT2D eigenvalue weighted by Gasteiger charge is -2.33. The van der Waals surface area contributed by atoms with Gasteiger partial charge in [0.25, 0.3) is 0 Å². The van der Waals surface area contributed by atoms with Crippen LogP contribution in [0.5, 0.6) is 0 Å².